The number of hydrogen-bond donors (Lipinski definition) is 0. The molecule has 0 spiro atoms. The minimum Gasteiger partial charge on any atom is -0.480 e. The number of methoxy groups -OCH3 is 1. The van der Waals surface area contributed by atoms with E-state index in [2.05, 4.69) is 4.98 Å². The van der Waals surface area contributed by atoms with E-state index in [4.69, 9.17) is 9.47 Å². The largest absolute Gasteiger partial charge is 0.480 e. The number of alkyl halides is 2. The van der Waals surface area contributed by atoms with Crippen molar-refractivity contribution >= 4 is 28.6 Å². The van der Waals surface area contributed by atoms with Crippen LogP contribution in [0.25, 0.3) is 0 Å². The van der Waals surface area contributed by atoms with Crippen molar-refractivity contribution in [3.63, 3.8) is 0 Å². The van der Waals surface area contributed by atoms with Crippen LogP contribution in [0.5, 0.6) is 5.88 Å². The van der Waals surface area contributed by atoms with Crippen LogP contribution in [0.15, 0.2) is 6.20 Å². The molecule has 1 aromatic heterocycles. The van der Waals surface area contributed by atoms with Crippen molar-refractivity contribution in [1.29, 1.82) is 0 Å². The average Bonchev–Trinajstić information content (AvgIpc) is 2.28. The molecule has 0 aromatic carbocycles. The van der Waals surface area contributed by atoms with Gasteiger partial charge in [0.1, 0.15) is 0 Å². The first-order chi connectivity index (χ1) is 8.02. The predicted molar refractivity (Wildman–Crippen MR) is 64.4 cm³/mol. The zero-order chi connectivity index (χ0) is 13.0. The highest BCUT2D eigenvalue weighted by Crippen LogP contribution is 2.32. The molecule has 1 rings (SSSR count). The fourth-order valence-electron chi connectivity index (χ4n) is 1.21. The molecule has 7 heteroatoms. The summed E-state index contributed by atoms with van der Waals surface area (Å²) in [5.41, 5.74) is -0.636. The van der Waals surface area contributed by atoms with Gasteiger partial charge in [0, 0.05) is 6.20 Å². The Labute approximate surface area is 110 Å². The Bertz CT molecular complexity index is 426. The van der Waals surface area contributed by atoms with Crippen molar-refractivity contribution in [3.05, 3.63) is 20.9 Å². The molecule has 0 bridgehead atoms. The monoisotopic (exact) mass is 357 g/mol. The van der Waals surface area contributed by atoms with Crippen molar-refractivity contribution in [3.8, 4) is 5.88 Å². The van der Waals surface area contributed by atoms with Crippen LogP contribution in [-0.2, 0) is 4.74 Å². The van der Waals surface area contributed by atoms with Crippen molar-refractivity contribution in [1.82, 2.24) is 4.98 Å². The van der Waals surface area contributed by atoms with Crippen molar-refractivity contribution in [2.24, 2.45) is 0 Å². The Morgan fingerprint density at radius 1 is 1.59 bits per heavy atom. The molecule has 0 aliphatic carbocycles. The molecule has 17 heavy (non-hydrogen) atoms. The number of halogens is 3. The molecule has 0 aliphatic heterocycles. The van der Waals surface area contributed by atoms with Gasteiger partial charge in [-0.2, -0.15) is 0 Å². The van der Waals surface area contributed by atoms with Gasteiger partial charge in [-0.25, -0.2) is 18.6 Å². The lowest BCUT2D eigenvalue weighted by Crippen LogP contribution is -2.11. The summed E-state index contributed by atoms with van der Waals surface area (Å²) in [4.78, 5) is 15.3. The van der Waals surface area contributed by atoms with E-state index >= 15 is 0 Å². The third-order valence-corrected chi connectivity index (χ3v) is 2.97. The summed E-state index contributed by atoms with van der Waals surface area (Å²) in [5.74, 6) is -0.746. The lowest BCUT2D eigenvalue weighted by molar-refractivity contribution is 0.0514. The summed E-state index contributed by atoms with van der Waals surface area (Å²) >= 11 is 1.67. The molecule has 0 unspecified atom stereocenters. The predicted octanol–water partition coefficient (Wildman–Crippen LogP) is 2.81. The van der Waals surface area contributed by atoms with Gasteiger partial charge in [0.25, 0.3) is 6.43 Å². The second kappa shape index (κ2) is 6.08. The highest BCUT2D eigenvalue weighted by atomic mass is 127. The summed E-state index contributed by atoms with van der Waals surface area (Å²) in [7, 11) is 1.32. The topological polar surface area (TPSA) is 48.4 Å². The van der Waals surface area contributed by atoms with Crippen LogP contribution in [0.1, 0.15) is 29.3 Å². The first kappa shape index (κ1) is 14.1. The van der Waals surface area contributed by atoms with Crippen molar-refractivity contribution < 1.29 is 23.0 Å². The van der Waals surface area contributed by atoms with Crippen LogP contribution < -0.4 is 4.74 Å². The average molecular weight is 357 g/mol. The second-order valence-corrected chi connectivity index (χ2v) is 4.01. The highest BCUT2D eigenvalue weighted by molar-refractivity contribution is 14.1. The minimum atomic E-state index is -2.79. The van der Waals surface area contributed by atoms with E-state index in [1.807, 2.05) is 0 Å². The number of aromatic nitrogens is 1. The molecule has 0 amide bonds. The molecule has 0 fully saturated rings. The van der Waals surface area contributed by atoms with Gasteiger partial charge in [0.15, 0.2) is 0 Å². The van der Waals surface area contributed by atoms with Gasteiger partial charge in [0.05, 0.1) is 28.4 Å². The van der Waals surface area contributed by atoms with Gasteiger partial charge in [-0.05, 0) is 29.5 Å². The maximum atomic E-state index is 12.9. The second-order valence-electron chi connectivity index (χ2n) is 2.93. The summed E-state index contributed by atoms with van der Waals surface area (Å²) in [5, 5.41) is 0. The van der Waals surface area contributed by atoms with E-state index < -0.39 is 18.0 Å². The van der Waals surface area contributed by atoms with Crippen LogP contribution in [0.4, 0.5) is 8.78 Å². The van der Waals surface area contributed by atoms with Gasteiger partial charge in [-0.15, -0.1) is 0 Å². The number of ether oxygens (including phenoxy) is 2. The first-order valence-electron chi connectivity index (χ1n) is 4.70. The quantitative estimate of drug-likeness (QED) is 0.614. The van der Waals surface area contributed by atoms with Gasteiger partial charge < -0.3 is 9.47 Å². The van der Waals surface area contributed by atoms with Gasteiger partial charge in [-0.3, -0.25) is 0 Å². The van der Waals surface area contributed by atoms with Crippen LogP contribution in [0.3, 0.4) is 0 Å². The van der Waals surface area contributed by atoms with Crippen molar-refractivity contribution in [2.75, 3.05) is 13.7 Å². The molecule has 0 N–H and O–H groups in total. The van der Waals surface area contributed by atoms with E-state index in [0.717, 1.165) is 6.20 Å². The van der Waals surface area contributed by atoms with E-state index in [0.29, 0.717) is 0 Å². The van der Waals surface area contributed by atoms with E-state index in [1.54, 1.807) is 29.5 Å². The smallest absolute Gasteiger partial charge is 0.340 e. The molecular formula is C10H10F2INO3. The SMILES string of the molecule is CCOC(=O)c1cnc(OC)c(I)c1C(F)F. The standard InChI is InChI=1S/C10H10F2INO3/c1-3-17-10(15)5-4-14-9(16-2)7(13)6(5)8(11)12/h4,8H,3H2,1-2H3. The van der Waals surface area contributed by atoms with Crippen LogP contribution >= 0.6 is 22.6 Å². The molecule has 0 radical (unpaired) electrons. The molecule has 94 valence electrons. The maximum Gasteiger partial charge on any atom is 0.340 e. The highest BCUT2D eigenvalue weighted by Gasteiger charge is 2.25. The molecule has 1 aromatic rings. The Hall–Kier alpha value is -0.990. The molecule has 1 heterocycles. The Balaban J connectivity index is 3.31. The normalized spacial score (nSPS) is 10.5. The van der Waals surface area contributed by atoms with E-state index in [1.165, 1.54) is 7.11 Å². The van der Waals surface area contributed by atoms with Crippen LogP contribution in [0.2, 0.25) is 0 Å². The summed E-state index contributed by atoms with van der Waals surface area (Å²) in [6, 6.07) is 0. The molecule has 4 nitrogen and oxygen atoms in total. The first-order valence-corrected chi connectivity index (χ1v) is 5.78. The lowest BCUT2D eigenvalue weighted by atomic mass is 10.1. The third-order valence-electron chi connectivity index (χ3n) is 1.93. The fraction of sp³-hybridized carbons (Fsp3) is 0.400. The Kier molecular flexibility index (Phi) is 5.03. The molecule has 0 aliphatic rings. The minimum absolute atomic E-state index is 0.0638. The van der Waals surface area contributed by atoms with Crippen LogP contribution in [0, 0.1) is 3.57 Å². The number of rotatable bonds is 4. The molecule has 0 saturated heterocycles. The van der Waals surface area contributed by atoms with Gasteiger partial charge >= 0.3 is 5.97 Å². The molecular weight excluding hydrogens is 347 g/mol. The van der Waals surface area contributed by atoms with Gasteiger partial charge in [-0.1, -0.05) is 0 Å². The molecule has 0 atom stereocenters. The Morgan fingerprint density at radius 2 is 2.24 bits per heavy atom. The number of carbonyl (C=O) groups excluding carboxylic acids is 1. The zero-order valence-electron chi connectivity index (χ0n) is 9.17. The summed E-state index contributed by atoms with van der Waals surface area (Å²) in [6.45, 7) is 1.71. The van der Waals surface area contributed by atoms with E-state index in [9.17, 15) is 13.6 Å². The maximum absolute atomic E-state index is 12.9. The third kappa shape index (κ3) is 3.02. The zero-order valence-corrected chi connectivity index (χ0v) is 11.3. The van der Waals surface area contributed by atoms with E-state index in [-0.39, 0.29) is 21.6 Å². The van der Waals surface area contributed by atoms with Crippen molar-refractivity contribution in [2.45, 2.75) is 13.3 Å². The van der Waals surface area contributed by atoms with Gasteiger partial charge in [0.2, 0.25) is 5.88 Å². The number of nitrogens with zero attached hydrogens (tertiary/aromatic N) is 1. The molecule has 0 saturated carbocycles. The fourth-order valence-corrected chi connectivity index (χ4v) is 2.10. The van der Waals surface area contributed by atoms with Crippen LogP contribution in [-0.4, -0.2) is 24.7 Å². The Morgan fingerprint density at radius 3 is 2.71 bits per heavy atom. The number of carbonyl (C=O) groups is 1. The number of hydrogen-bond acceptors (Lipinski definition) is 4. The summed E-state index contributed by atoms with van der Waals surface area (Å²) in [6.07, 6.45) is -1.75. The number of esters is 1. The number of pyridine rings is 1. The summed E-state index contributed by atoms with van der Waals surface area (Å²) < 4.78 is 35.5. The lowest BCUT2D eigenvalue weighted by Gasteiger charge is -2.12.